The van der Waals surface area contributed by atoms with E-state index >= 15 is 0 Å². The maximum atomic E-state index is 12.9. The van der Waals surface area contributed by atoms with Crippen molar-refractivity contribution in [2.75, 3.05) is 46.4 Å². The summed E-state index contributed by atoms with van der Waals surface area (Å²) >= 11 is 5.72. The number of rotatable bonds is 8. The molecular weight excluding hydrogens is 440 g/mol. The Bertz CT molecular complexity index is 1190. The first-order valence-corrected chi connectivity index (χ1v) is 11.1. The monoisotopic (exact) mass is 468 g/mol. The van der Waals surface area contributed by atoms with E-state index in [9.17, 15) is 4.79 Å². The molecule has 2 N–H and O–H groups in total. The molecule has 0 fully saturated rings. The molecule has 2 heterocycles. The van der Waals surface area contributed by atoms with E-state index in [1.165, 1.54) is 0 Å². The molecule has 8 nitrogen and oxygen atoms in total. The largest absolute Gasteiger partial charge is 0.497 e. The molecule has 0 unspecified atom stereocenters. The maximum Gasteiger partial charge on any atom is 0.253 e. The molecule has 0 radical (unpaired) electrons. The molecule has 0 aliphatic carbocycles. The molecule has 1 aliphatic rings. The summed E-state index contributed by atoms with van der Waals surface area (Å²) in [6.07, 6.45) is 0.904. The highest BCUT2D eigenvalue weighted by molar-refractivity contribution is 7.80. The van der Waals surface area contributed by atoms with Gasteiger partial charge in [0.1, 0.15) is 5.75 Å². The lowest BCUT2D eigenvalue weighted by atomic mass is 10.1. The van der Waals surface area contributed by atoms with Crippen molar-refractivity contribution < 1.29 is 14.2 Å². The van der Waals surface area contributed by atoms with Gasteiger partial charge in [-0.15, -0.1) is 0 Å². The summed E-state index contributed by atoms with van der Waals surface area (Å²) in [6, 6.07) is 13.2. The normalized spacial score (nSPS) is 12.2. The number of benzene rings is 2. The summed E-state index contributed by atoms with van der Waals surface area (Å²) in [7, 11) is 5.71. The highest BCUT2D eigenvalue weighted by Crippen LogP contribution is 2.35. The third-order valence-corrected chi connectivity index (χ3v) is 5.80. The number of hydrogen-bond acceptors (Lipinski definition) is 6. The van der Waals surface area contributed by atoms with Crippen molar-refractivity contribution in [1.29, 1.82) is 0 Å². The van der Waals surface area contributed by atoms with Crippen molar-refractivity contribution in [3.8, 4) is 17.2 Å². The smallest absolute Gasteiger partial charge is 0.253 e. The lowest BCUT2D eigenvalue weighted by Gasteiger charge is -2.26. The van der Waals surface area contributed by atoms with Gasteiger partial charge in [0, 0.05) is 29.2 Å². The number of nitrogens with one attached hydrogen (secondary N) is 2. The number of hydrogen-bond donors (Lipinski definition) is 2. The summed E-state index contributed by atoms with van der Waals surface area (Å²) < 4.78 is 16.1. The Morgan fingerprint density at radius 3 is 2.55 bits per heavy atom. The number of methoxy groups -OCH3 is 1. The van der Waals surface area contributed by atoms with Crippen LogP contribution in [-0.4, -0.2) is 61.0 Å². The van der Waals surface area contributed by atoms with E-state index in [-0.39, 0.29) is 12.4 Å². The lowest BCUT2D eigenvalue weighted by Crippen LogP contribution is -2.37. The summed E-state index contributed by atoms with van der Waals surface area (Å²) in [5.41, 5.74) is 2.06. The van der Waals surface area contributed by atoms with Crippen LogP contribution >= 0.6 is 12.2 Å². The summed E-state index contributed by atoms with van der Waals surface area (Å²) in [5.74, 6) is 2.10. The molecule has 0 bridgehead atoms. The van der Waals surface area contributed by atoms with Gasteiger partial charge in [0.2, 0.25) is 6.79 Å². The average Bonchev–Trinajstić information content (AvgIpc) is 3.24. The van der Waals surface area contributed by atoms with Crippen LogP contribution in [-0.2, 0) is 6.54 Å². The predicted octanol–water partition coefficient (Wildman–Crippen LogP) is 3.42. The number of pyridine rings is 1. The first-order valence-electron chi connectivity index (χ1n) is 10.7. The van der Waals surface area contributed by atoms with Crippen LogP contribution in [0.4, 0.5) is 5.69 Å². The summed E-state index contributed by atoms with van der Waals surface area (Å²) in [5, 5.41) is 4.73. The van der Waals surface area contributed by atoms with Gasteiger partial charge in [0.25, 0.3) is 5.56 Å². The maximum absolute atomic E-state index is 12.9. The first kappa shape index (κ1) is 22.9. The molecule has 0 atom stereocenters. The predicted molar refractivity (Wildman–Crippen MR) is 133 cm³/mol. The van der Waals surface area contributed by atoms with E-state index in [1.54, 1.807) is 13.2 Å². The zero-order valence-electron chi connectivity index (χ0n) is 19.0. The topological polar surface area (TPSA) is 79.1 Å². The molecule has 2 aromatic carbocycles. The Labute approximate surface area is 198 Å². The summed E-state index contributed by atoms with van der Waals surface area (Å²) in [4.78, 5) is 20.0. The number of fused-ring (bicyclic) bond motifs is 2. The highest BCUT2D eigenvalue weighted by Gasteiger charge is 2.17. The molecule has 0 amide bonds. The zero-order valence-corrected chi connectivity index (χ0v) is 19.8. The van der Waals surface area contributed by atoms with Crippen molar-refractivity contribution >= 4 is 33.9 Å². The van der Waals surface area contributed by atoms with Crippen molar-refractivity contribution in [2.24, 2.45) is 0 Å². The minimum atomic E-state index is -0.147. The van der Waals surface area contributed by atoms with Gasteiger partial charge in [-0.25, -0.2) is 0 Å². The zero-order chi connectivity index (χ0) is 23.4. The van der Waals surface area contributed by atoms with Gasteiger partial charge in [0.05, 0.1) is 19.2 Å². The molecule has 9 heteroatoms. The second-order valence-electron chi connectivity index (χ2n) is 8.15. The second kappa shape index (κ2) is 10.1. The Balaban J connectivity index is 1.56. The van der Waals surface area contributed by atoms with Gasteiger partial charge >= 0.3 is 0 Å². The Morgan fingerprint density at radius 1 is 1.12 bits per heavy atom. The van der Waals surface area contributed by atoms with Gasteiger partial charge in [0.15, 0.2) is 16.6 Å². The Kier molecular flexibility index (Phi) is 7.00. The van der Waals surface area contributed by atoms with Gasteiger partial charge in [-0.1, -0.05) is 0 Å². The van der Waals surface area contributed by atoms with Crippen LogP contribution in [0.15, 0.2) is 47.3 Å². The quantitative estimate of drug-likeness (QED) is 0.487. The van der Waals surface area contributed by atoms with Crippen LogP contribution in [0.1, 0.15) is 12.0 Å². The van der Waals surface area contributed by atoms with Crippen molar-refractivity contribution in [3.63, 3.8) is 0 Å². The fourth-order valence-corrected chi connectivity index (χ4v) is 3.95. The van der Waals surface area contributed by atoms with E-state index in [0.717, 1.165) is 29.8 Å². The molecule has 0 spiro atoms. The standard InChI is InChI=1S/C24H28N4O4S/c1-27(2)9-4-10-28(24(33)25-18-5-7-19(30-3)8-6-18)14-17-11-16-12-21-22(32-15-31-21)13-20(16)26-23(17)29/h5-8,11-13H,4,9-10,14-15H2,1-3H3,(H,25,33)(H,26,29). The number of aromatic amines is 1. The number of aromatic nitrogens is 1. The van der Waals surface area contributed by atoms with Crippen molar-refractivity contribution in [2.45, 2.75) is 13.0 Å². The van der Waals surface area contributed by atoms with E-state index in [1.807, 2.05) is 55.4 Å². The van der Waals surface area contributed by atoms with Crippen LogP contribution < -0.4 is 25.1 Å². The van der Waals surface area contributed by atoms with Gasteiger partial charge in [-0.3, -0.25) is 4.79 Å². The van der Waals surface area contributed by atoms with Crippen molar-refractivity contribution in [1.82, 2.24) is 14.8 Å². The van der Waals surface area contributed by atoms with Crippen LogP contribution in [0.2, 0.25) is 0 Å². The SMILES string of the molecule is COc1ccc(NC(=S)N(CCCN(C)C)Cc2cc3cc4c(cc3[nH]c2=O)OCO4)cc1. The van der Waals surface area contributed by atoms with Crippen LogP contribution in [0, 0.1) is 0 Å². The highest BCUT2D eigenvalue weighted by atomic mass is 32.1. The van der Waals surface area contributed by atoms with Gasteiger partial charge in [-0.05, 0) is 75.7 Å². The van der Waals surface area contributed by atoms with Crippen molar-refractivity contribution in [3.05, 3.63) is 58.4 Å². The Hall–Kier alpha value is -3.30. The molecular formula is C24H28N4O4S. The molecule has 0 saturated heterocycles. The lowest BCUT2D eigenvalue weighted by molar-refractivity contribution is 0.174. The summed E-state index contributed by atoms with van der Waals surface area (Å²) in [6.45, 7) is 2.20. The average molecular weight is 469 g/mol. The third kappa shape index (κ3) is 5.55. The second-order valence-corrected chi connectivity index (χ2v) is 8.54. The minimum absolute atomic E-state index is 0.147. The molecule has 33 heavy (non-hydrogen) atoms. The number of ether oxygens (including phenoxy) is 3. The number of thiocarbonyl (C=S) groups is 1. The fraction of sp³-hybridized carbons (Fsp3) is 0.333. The molecule has 0 saturated carbocycles. The van der Waals surface area contributed by atoms with Crippen LogP contribution in [0.25, 0.3) is 10.9 Å². The van der Waals surface area contributed by atoms with E-state index < -0.39 is 0 Å². The number of anilines is 1. The molecule has 1 aliphatic heterocycles. The first-order chi connectivity index (χ1) is 15.9. The third-order valence-electron chi connectivity index (χ3n) is 5.44. The number of H-pyrrole nitrogens is 1. The van der Waals surface area contributed by atoms with E-state index in [4.69, 9.17) is 26.4 Å². The molecule has 174 valence electrons. The molecule has 1 aromatic heterocycles. The van der Waals surface area contributed by atoms with E-state index in [2.05, 4.69) is 15.2 Å². The molecule has 3 aromatic rings. The fourth-order valence-electron chi connectivity index (χ4n) is 3.67. The molecule has 4 rings (SSSR count). The Morgan fingerprint density at radius 2 is 1.85 bits per heavy atom. The minimum Gasteiger partial charge on any atom is -0.497 e. The van der Waals surface area contributed by atoms with Gasteiger partial charge in [-0.2, -0.15) is 0 Å². The van der Waals surface area contributed by atoms with Crippen LogP contribution in [0.3, 0.4) is 0 Å². The number of nitrogens with zero attached hydrogens (tertiary/aromatic N) is 2. The van der Waals surface area contributed by atoms with Gasteiger partial charge < -0.3 is 34.3 Å². The van der Waals surface area contributed by atoms with Crippen LogP contribution in [0.5, 0.6) is 17.2 Å². The van der Waals surface area contributed by atoms with E-state index in [0.29, 0.717) is 40.8 Å².